The van der Waals surface area contributed by atoms with Gasteiger partial charge in [0.25, 0.3) is 5.91 Å². The zero-order valence-electron chi connectivity index (χ0n) is 9.17. The molecule has 0 aliphatic heterocycles. The zero-order valence-corrected chi connectivity index (χ0v) is 9.99. The number of amides is 1. The molecular formula is C11H11N3O2S. The van der Waals surface area contributed by atoms with E-state index in [1.807, 2.05) is 6.92 Å². The molecule has 0 saturated carbocycles. The zero-order chi connectivity index (χ0) is 12.3. The fourth-order valence-corrected chi connectivity index (χ4v) is 2.03. The fraction of sp³-hybridized carbons (Fsp3) is 0.182. The largest absolute Gasteiger partial charge is 0.506 e. The molecular weight excluding hydrogens is 238 g/mol. The summed E-state index contributed by atoms with van der Waals surface area (Å²) in [6.45, 7) is 2.33. The topological polar surface area (TPSA) is 75.1 Å². The van der Waals surface area contributed by atoms with Gasteiger partial charge in [-0.15, -0.1) is 11.3 Å². The molecule has 0 radical (unpaired) electrons. The van der Waals surface area contributed by atoms with Crippen LogP contribution in [-0.4, -0.2) is 21.0 Å². The van der Waals surface area contributed by atoms with Crippen LogP contribution < -0.4 is 5.32 Å². The number of aryl methyl sites for hydroxylation is 1. The number of rotatable bonds is 3. The van der Waals surface area contributed by atoms with Gasteiger partial charge in [-0.25, -0.2) is 4.98 Å². The second-order valence-corrected chi connectivity index (χ2v) is 4.41. The molecule has 0 aliphatic carbocycles. The maximum atomic E-state index is 11.7. The number of thiazole rings is 1. The third kappa shape index (κ3) is 2.79. The van der Waals surface area contributed by atoms with Gasteiger partial charge >= 0.3 is 0 Å². The molecule has 2 heterocycles. The van der Waals surface area contributed by atoms with Crippen LogP contribution in [0.1, 0.15) is 20.9 Å². The highest BCUT2D eigenvalue weighted by atomic mass is 32.1. The molecule has 0 aliphatic rings. The molecule has 0 spiro atoms. The summed E-state index contributed by atoms with van der Waals surface area (Å²) in [6, 6.07) is 1.38. The number of carbonyl (C=O) groups excluding carboxylic acids is 1. The van der Waals surface area contributed by atoms with E-state index in [1.165, 1.54) is 29.8 Å². The van der Waals surface area contributed by atoms with Crippen LogP contribution in [0.5, 0.6) is 5.75 Å². The molecule has 17 heavy (non-hydrogen) atoms. The minimum Gasteiger partial charge on any atom is -0.506 e. The van der Waals surface area contributed by atoms with Gasteiger partial charge in [-0.05, 0) is 13.0 Å². The molecule has 2 N–H and O–H groups in total. The smallest absolute Gasteiger partial charge is 0.253 e. The van der Waals surface area contributed by atoms with Gasteiger partial charge in [-0.1, -0.05) is 0 Å². The summed E-state index contributed by atoms with van der Waals surface area (Å²) in [5.74, 6) is -0.284. The van der Waals surface area contributed by atoms with Crippen LogP contribution in [0.15, 0.2) is 24.0 Å². The SMILES string of the molecule is Cc1ncsc1CNC(=O)c1cncc(O)c1. The average Bonchev–Trinajstić information content (AvgIpc) is 2.72. The Morgan fingerprint density at radius 3 is 3.00 bits per heavy atom. The van der Waals surface area contributed by atoms with Crippen molar-refractivity contribution in [3.05, 3.63) is 40.1 Å². The number of aromatic nitrogens is 2. The lowest BCUT2D eigenvalue weighted by Gasteiger charge is -2.04. The summed E-state index contributed by atoms with van der Waals surface area (Å²) in [5, 5.41) is 12.0. The Labute approximate surface area is 102 Å². The van der Waals surface area contributed by atoms with Crippen molar-refractivity contribution in [1.82, 2.24) is 15.3 Å². The van der Waals surface area contributed by atoms with Crippen molar-refractivity contribution in [3.63, 3.8) is 0 Å². The van der Waals surface area contributed by atoms with Gasteiger partial charge in [0.2, 0.25) is 0 Å². The normalized spacial score (nSPS) is 10.2. The predicted molar refractivity (Wildman–Crippen MR) is 63.9 cm³/mol. The Kier molecular flexibility index (Phi) is 3.34. The van der Waals surface area contributed by atoms with Crippen molar-refractivity contribution in [2.75, 3.05) is 0 Å². The first-order valence-corrected chi connectivity index (χ1v) is 5.86. The minimum atomic E-state index is -0.263. The number of nitrogens with one attached hydrogen (secondary N) is 1. The maximum absolute atomic E-state index is 11.7. The number of hydrogen-bond donors (Lipinski definition) is 2. The van der Waals surface area contributed by atoms with E-state index in [-0.39, 0.29) is 11.7 Å². The molecule has 88 valence electrons. The molecule has 0 unspecified atom stereocenters. The highest BCUT2D eigenvalue weighted by Gasteiger charge is 2.08. The van der Waals surface area contributed by atoms with Crippen molar-refractivity contribution in [3.8, 4) is 5.75 Å². The molecule has 0 fully saturated rings. The third-order valence-corrected chi connectivity index (χ3v) is 3.18. The minimum absolute atomic E-state index is 0.0216. The van der Waals surface area contributed by atoms with Gasteiger partial charge < -0.3 is 10.4 Å². The number of aromatic hydroxyl groups is 1. The Bertz CT molecular complexity index is 539. The van der Waals surface area contributed by atoms with E-state index < -0.39 is 0 Å². The number of hydrogen-bond acceptors (Lipinski definition) is 5. The van der Waals surface area contributed by atoms with Crippen molar-refractivity contribution in [1.29, 1.82) is 0 Å². The highest BCUT2D eigenvalue weighted by molar-refractivity contribution is 7.09. The van der Waals surface area contributed by atoms with E-state index in [0.29, 0.717) is 12.1 Å². The van der Waals surface area contributed by atoms with Crippen LogP contribution in [0, 0.1) is 6.92 Å². The molecule has 2 aromatic rings. The molecule has 0 aromatic carbocycles. The van der Waals surface area contributed by atoms with Crippen LogP contribution in [0.4, 0.5) is 0 Å². The Morgan fingerprint density at radius 1 is 1.53 bits per heavy atom. The molecule has 0 bridgehead atoms. The molecule has 0 atom stereocenters. The number of pyridine rings is 1. The first-order valence-electron chi connectivity index (χ1n) is 4.98. The molecule has 2 rings (SSSR count). The summed E-state index contributed by atoms with van der Waals surface area (Å²) < 4.78 is 0. The van der Waals surface area contributed by atoms with E-state index in [9.17, 15) is 9.90 Å². The van der Waals surface area contributed by atoms with Crippen molar-refractivity contribution in [2.45, 2.75) is 13.5 Å². The summed E-state index contributed by atoms with van der Waals surface area (Å²) in [6.07, 6.45) is 2.69. The van der Waals surface area contributed by atoms with Gasteiger partial charge in [-0.3, -0.25) is 9.78 Å². The maximum Gasteiger partial charge on any atom is 0.253 e. The standard InChI is InChI=1S/C11H11N3O2S/c1-7-10(17-6-14-7)5-13-11(16)8-2-9(15)4-12-3-8/h2-4,6,15H,5H2,1H3,(H,13,16). The lowest BCUT2D eigenvalue weighted by Crippen LogP contribution is -2.22. The molecule has 2 aromatic heterocycles. The van der Waals surface area contributed by atoms with Crippen LogP contribution >= 0.6 is 11.3 Å². The predicted octanol–water partition coefficient (Wildman–Crippen LogP) is 1.48. The van der Waals surface area contributed by atoms with E-state index in [1.54, 1.807) is 5.51 Å². The summed E-state index contributed by atoms with van der Waals surface area (Å²) >= 11 is 1.50. The third-order valence-electron chi connectivity index (χ3n) is 2.24. The molecule has 1 amide bonds. The molecule has 6 heteroatoms. The van der Waals surface area contributed by atoms with Gasteiger partial charge in [0.1, 0.15) is 5.75 Å². The van der Waals surface area contributed by atoms with Gasteiger partial charge in [0.05, 0.1) is 29.5 Å². The number of nitrogens with zero attached hydrogens (tertiary/aromatic N) is 2. The quantitative estimate of drug-likeness (QED) is 0.864. The van der Waals surface area contributed by atoms with E-state index >= 15 is 0 Å². The first-order chi connectivity index (χ1) is 8.16. The Balaban J connectivity index is 2.01. The van der Waals surface area contributed by atoms with E-state index in [0.717, 1.165) is 10.6 Å². The van der Waals surface area contributed by atoms with E-state index in [4.69, 9.17) is 0 Å². The van der Waals surface area contributed by atoms with Crippen LogP contribution in [-0.2, 0) is 6.54 Å². The highest BCUT2D eigenvalue weighted by Crippen LogP contribution is 2.12. The first kappa shape index (κ1) is 11.5. The van der Waals surface area contributed by atoms with Crippen molar-refractivity contribution >= 4 is 17.2 Å². The van der Waals surface area contributed by atoms with Crippen LogP contribution in [0.2, 0.25) is 0 Å². The second-order valence-electron chi connectivity index (χ2n) is 3.48. The van der Waals surface area contributed by atoms with Crippen LogP contribution in [0.25, 0.3) is 0 Å². The summed E-state index contributed by atoms with van der Waals surface area (Å²) in [4.78, 5) is 20.6. The summed E-state index contributed by atoms with van der Waals surface area (Å²) in [7, 11) is 0. The Morgan fingerprint density at radius 2 is 2.35 bits per heavy atom. The Hall–Kier alpha value is -1.95. The lowest BCUT2D eigenvalue weighted by atomic mass is 10.2. The number of carbonyl (C=O) groups is 1. The average molecular weight is 249 g/mol. The van der Waals surface area contributed by atoms with Gasteiger partial charge in [0, 0.05) is 11.1 Å². The summed E-state index contributed by atoms with van der Waals surface area (Å²) in [5.41, 5.74) is 3.00. The molecule has 0 saturated heterocycles. The molecule has 5 nitrogen and oxygen atoms in total. The van der Waals surface area contributed by atoms with Crippen LogP contribution in [0.3, 0.4) is 0 Å². The monoisotopic (exact) mass is 249 g/mol. The van der Waals surface area contributed by atoms with Crippen molar-refractivity contribution in [2.24, 2.45) is 0 Å². The van der Waals surface area contributed by atoms with E-state index in [2.05, 4.69) is 15.3 Å². The van der Waals surface area contributed by atoms with Crippen molar-refractivity contribution < 1.29 is 9.90 Å². The van der Waals surface area contributed by atoms with Gasteiger partial charge in [0.15, 0.2) is 0 Å². The lowest BCUT2D eigenvalue weighted by molar-refractivity contribution is 0.0950. The van der Waals surface area contributed by atoms with Gasteiger partial charge in [-0.2, -0.15) is 0 Å². The fourth-order valence-electron chi connectivity index (χ4n) is 1.31. The second kappa shape index (κ2) is 4.92.